The van der Waals surface area contributed by atoms with Gasteiger partial charge in [0.15, 0.2) is 0 Å². The van der Waals surface area contributed by atoms with Crippen LogP contribution in [0.2, 0.25) is 0 Å². The van der Waals surface area contributed by atoms with Crippen molar-refractivity contribution in [2.24, 2.45) is 5.11 Å². The average molecular weight is 328 g/mol. The van der Waals surface area contributed by atoms with E-state index in [1.54, 1.807) is 42.5 Å². The summed E-state index contributed by atoms with van der Waals surface area (Å²) in [5.41, 5.74) is 9.89. The second kappa shape index (κ2) is 5.75. The van der Waals surface area contributed by atoms with Gasteiger partial charge < -0.3 is 0 Å². The molecule has 0 N–H and O–H groups in total. The van der Waals surface area contributed by atoms with E-state index in [0.717, 1.165) is 4.31 Å². The molecule has 1 heterocycles. The topological polar surface area (TPSA) is 103 Å². The lowest BCUT2D eigenvalue weighted by atomic mass is 9.97. The number of carbonyl (C=O) groups excluding carboxylic acids is 1. The molecule has 1 unspecified atom stereocenters. The van der Waals surface area contributed by atoms with Crippen molar-refractivity contribution in [2.75, 3.05) is 0 Å². The van der Waals surface area contributed by atoms with Crippen LogP contribution in [0.25, 0.3) is 10.4 Å². The summed E-state index contributed by atoms with van der Waals surface area (Å²) in [4.78, 5) is 15.3. The zero-order chi connectivity index (χ0) is 16.4. The normalized spacial score (nSPS) is 17.3. The van der Waals surface area contributed by atoms with Gasteiger partial charge >= 0.3 is 0 Å². The third-order valence-electron chi connectivity index (χ3n) is 3.64. The molecular formula is C15H12N4O3S. The largest absolute Gasteiger partial charge is 0.273 e. The van der Waals surface area contributed by atoms with Gasteiger partial charge in [0.1, 0.15) is 6.04 Å². The smallest absolute Gasteiger partial charge is 0.266 e. The second-order valence-corrected chi connectivity index (χ2v) is 6.83. The van der Waals surface area contributed by atoms with Crippen molar-refractivity contribution < 1.29 is 13.2 Å². The van der Waals surface area contributed by atoms with Gasteiger partial charge in [-0.2, -0.15) is 0 Å². The van der Waals surface area contributed by atoms with Gasteiger partial charge in [-0.05, 0) is 28.8 Å². The average Bonchev–Trinajstić information content (AvgIpc) is 2.58. The third-order valence-corrected chi connectivity index (χ3v) is 5.40. The molecule has 7 nitrogen and oxygen atoms in total. The van der Waals surface area contributed by atoms with E-state index in [1.165, 1.54) is 12.1 Å². The van der Waals surface area contributed by atoms with E-state index < -0.39 is 22.0 Å². The van der Waals surface area contributed by atoms with Crippen molar-refractivity contribution in [1.29, 1.82) is 0 Å². The zero-order valence-electron chi connectivity index (χ0n) is 11.9. The first-order chi connectivity index (χ1) is 11.1. The molecule has 0 radical (unpaired) electrons. The maximum atomic E-state index is 12.7. The van der Waals surface area contributed by atoms with Gasteiger partial charge in [-0.3, -0.25) is 4.79 Å². The van der Waals surface area contributed by atoms with Crippen molar-refractivity contribution in [3.8, 4) is 0 Å². The molecule has 1 atom stereocenters. The minimum Gasteiger partial charge on any atom is -0.273 e. The number of amides is 1. The number of carbonyl (C=O) groups is 1. The Bertz CT molecular complexity index is 905. The van der Waals surface area contributed by atoms with Gasteiger partial charge in [-0.25, -0.2) is 12.7 Å². The molecule has 8 heteroatoms. The summed E-state index contributed by atoms with van der Waals surface area (Å²) in [5.74, 6) is -0.745. The number of azide groups is 1. The van der Waals surface area contributed by atoms with Gasteiger partial charge in [-0.1, -0.05) is 47.6 Å². The lowest BCUT2D eigenvalue weighted by Gasteiger charge is -2.31. The Morgan fingerprint density at radius 3 is 2.43 bits per heavy atom. The lowest BCUT2D eigenvalue weighted by Crippen LogP contribution is -2.42. The van der Waals surface area contributed by atoms with Crippen LogP contribution in [0.15, 0.2) is 64.6 Å². The molecule has 0 saturated heterocycles. The molecule has 0 fully saturated rings. The minimum absolute atomic E-state index is 0.0208. The fraction of sp³-hybridized carbons (Fsp3) is 0.133. The fourth-order valence-electron chi connectivity index (χ4n) is 2.53. The van der Waals surface area contributed by atoms with Crippen molar-refractivity contribution >= 4 is 15.9 Å². The Morgan fingerprint density at radius 2 is 1.74 bits per heavy atom. The van der Waals surface area contributed by atoms with Crippen LogP contribution in [-0.2, 0) is 21.4 Å². The Balaban J connectivity index is 2.12. The van der Waals surface area contributed by atoms with Crippen molar-refractivity contribution in [1.82, 2.24) is 4.31 Å². The predicted molar refractivity (Wildman–Crippen MR) is 82.5 cm³/mol. The molecule has 0 aliphatic carbocycles. The summed E-state index contributed by atoms with van der Waals surface area (Å²) in [6, 6.07) is 13.4. The van der Waals surface area contributed by atoms with Crippen molar-refractivity contribution in [2.45, 2.75) is 17.5 Å². The second-order valence-electron chi connectivity index (χ2n) is 4.97. The predicted octanol–water partition coefficient (Wildman–Crippen LogP) is 2.77. The first-order valence-corrected chi connectivity index (χ1v) is 8.23. The van der Waals surface area contributed by atoms with Crippen LogP contribution in [0.1, 0.15) is 17.2 Å². The third kappa shape index (κ3) is 2.54. The molecule has 1 aliphatic rings. The number of nitrogens with zero attached hydrogens (tertiary/aromatic N) is 4. The Labute approximate surface area is 132 Å². The molecule has 1 aliphatic heterocycles. The highest BCUT2D eigenvalue weighted by atomic mass is 32.2. The fourth-order valence-corrected chi connectivity index (χ4v) is 3.93. The molecular weight excluding hydrogens is 316 g/mol. The van der Waals surface area contributed by atoms with Gasteiger partial charge in [0.2, 0.25) is 5.91 Å². The number of hydrogen-bond donors (Lipinski definition) is 0. The van der Waals surface area contributed by atoms with Crippen LogP contribution in [0.3, 0.4) is 0 Å². The highest BCUT2D eigenvalue weighted by Gasteiger charge is 2.39. The Morgan fingerprint density at radius 1 is 1.09 bits per heavy atom. The summed E-state index contributed by atoms with van der Waals surface area (Å²) in [5, 5.41) is 3.49. The quantitative estimate of drug-likeness (QED) is 0.491. The molecule has 23 heavy (non-hydrogen) atoms. The van der Waals surface area contributed by atoms with E-state index in [-0.39, 0.29) is 11.4 Å². The van der Waals surface area contributed by atoms with Gasteiger partial charge in [0.25, 0.3) is 10.0 Å². The number of fused-ring (bicyclic) bond motifs is 1. The molecule has 0 spiro atoms. The molecule has 0 saturated carbocycles. The minimum atomic E-state index is -4.00. The van der Waals surface area contributed by atoms with Crippen LogP contribution >= 0.6 is 0 Å². The van der Waals surface area contributed by atoms with Gasteiger partial charge in [0.05, 0.1) is 11.4 Å². The van der Waals surface area contributed by atoms with Crippen LogP contribution in [-0.4, -0.2) is 18.6 Å². The molecule has 2 aromatic rings. The Hall–Kier alpha value is -2.83. The zero-order valence-corrected chi connectivity index (χ0v) is 12.7. The molecule has 0 aromatic heterocycles. The molecule has 1 amide bonds. The number of hydrogen-bond acceptors (Lipinski definition) is 4. The van der Waals surface area contributed by atoms with Gasteiger partial charge in [-0.15, -0.1) is 0 Å². The van der Waals surface area contributed by atoms with Crippen LogP contribution in [0.4, 0.5) is 0 Å². The number of rotatable bonds is 3. The molecule has 0 bridgehead atoms. The number of sulfonamides is 1. The summed E-state index contributed by atoms with van der Waals surface area (Å²) >= 11 is 0. The van der Waals surface area contributed by atoms with E-state index in [2.05, 4.69) is 10.0 Å². The van der Waals surface area contributed by atoms with E-state index in [4.69, 9.17) is 5.53 Å². The first kappa shape index (κ1) is 15.1. The summed E-state index contributed by atoms with van der Waals surface area (Å²) < 4.78 is 26.2. The van der Waals surface area contributed by atoms with Crippen LogP contribution < -0.4 is 0 Å². The van der Waals surface area contributed by atoms with E-state index in [9.17, 15) is 13.2 Å². The number of benzene rings is 2. The monoisotopic (exact) mass is 328 g/mol. The Kier molecular flexibility index (Phi) is 3.77. The van der Waals surface area contributed by atoms with Crippen LogP contribution in [0.5, 0.6) is 0 Å². The van der Waals surface area contributed by atoms with E-state index in [1.807, 2.05) is 0 Å². The van der Waals surface area contributed by atoms with E-state index >= 15 is 0 Å². The standard InChI is InChI=1S/C15H12N4O3S/c16-18-17-14-13-9-5-4-6-11(13)10-19(15(14)20)23(21,22)12-7-2-1-3-8-12/h1-9,14H,10H2. The molecule has 2 aromatic carbocycles. The SMILES string of the molecule is [N-]=[N+]=NC1C(=O)N(S(=O)(=O)c2ccccc2)Cc2ccccc21. The van der Waals surface area contributed by atoms with Gasteiger partial charge in [0, 0.05) is 4.91 Å². The first-order valence-electron chi connectivity index (χ1n) is 6.79. The van der Waals surface area contributed by atoms with E-state index in [0.29, 0.717) is 11.1 Å². The summed E-state index contributed by atoms with van der Waals surface area (Å²) in [6.07, 6.45) is 0. The maximum absolute atomic E-state index is 12.7. The molecule has 3 rings (SSSR count). The van der Waals surface area contributed by atoms with Crippen molar-refractivity contribution in [3.63, 3.8) is 0 Å². The highest BCUT2D eigenvalue weighted by molar-refractivity contribution is 7.89. The lowest BCUT2D eigenvalue weighted by molar-refractivity contribution is -0.129. The summed E-state index contributed by atoms with van der Waals surface area (Å²) in [7, 11) is -4.00. The van der Waals surface area contributed by atoms with Crippen molar-refractivity contribution in [3.05, 3.63) is 76.2 Å². The molecule has 116 valence electrons. The highest BCUT2D eigenvalue weighted by Crippen LogP contribution is 2.33. The van der Waals surface area contributed by atoms with Crippen LogP contribution in [0, 0.1) is 0 Å². The summed E-state index contributed by atoms with van der Waals surface area (Å²) in [6.45, 7) is -0.0797. The maximum Gasteiger partial charge on any atom is 0.266 e.